The molecule has 0 bridgehead atoms. The number of carbonyl (C=O) groups excluding carboxylic acids is 1. The Hall–Kier alpha value is -3.31. The summed E-state index contributed by atoms with van der Waals surface area (Å²) in [5.74, 6) is 0.229. The van der Waals surface area contributed by atoms with Gasteiger partial charge in [0.1, 0.15) is 0 Å². The summed E-state index contributed by atoms with van der Waals surface area (Å²) in [6.45, 7) is 4.49. The minimum absolute atomic E-state index is 0.0457. The number of piperazine rings is 1. The van der Waals surface area contributed by atoms with Crippen molar-refractivity contribution in [3.05, 3.63) is 52.5 Å². The van der Waals surface area contributed by atoms with E-state index >= 15 is 0 Å². The van der Waals surface area contributed by atoms with Crippen LogP contribution >= 0.6 is 0 Å². The van der Waals surface area contributed by atoms with Crippen molar-refractivity contribution in [2.75, 3.05) is 40.4 Å². The van der Waals surface area contributed by atoms with Crippen LogP contribution in [0, 0.1) is 0 Å². The van der Waals surface area contributed by atoms with Crippen molar-refractivity contribution < 1.29 is 27.1 Å². The van der Waals surface area contributed by atoms with Gasteiger partial charge in [0, 0.05) is 43.9 Å². The average Bonchev–Trinajstić information content (AvgIpc) is 3.18. The third kappa shape index (κ3) is 4.16. The molecule has 2 aromatic carbocycles. The van der Waals surface area contributed by atoms with E-state index in [1.54, 1.807) is 29.2 Å². The molecule has 34 heavy (non-hydrogen) atoms. The standard InChI is InChI=1S/C23H27N3O7S/c1-15(2)26-18-7-6-17(14-20(18)33-23(26)28)34(29,30)25-11-9-24(10-12-25)22(27)16-5-8-19(31-3)21(13-16)32-4/h5-8,13-15H,9-12H2,1-4H3. The normalized spacial score (nSPS) is 15.1. The lowest BCUT2D eigenvalue weighted by Crippen LogP contribution is -2.50. The molecular formula is C23H27N3O7S. The van der Waals surface area contributed by atoms with Crippen LogP contribution in [0.3, 0.4) is 0 Å². The van der Waals surface area contributed by atoms with Crippen LogP contribution in [0.15, 0.2) is 50.5 Å². The Bertz CT molecular complexity index is 1380. The summed E-state index contributed by atoms with van der Waals surface area (Å²) in [7, 11) is -0.809. The van der Waals surface area contributed by atoms with Gasteiger partial charge in [0.25, 0.3) is 5.91 Å². The molecule has 0 saturated carbocycles. The van der Waals surface area contributed by atoms with Crippen molar-refractivity contribution in [2.45, 2.75) is 24.8 Å². The number of ether oxygens (including phenoxy) is 2. The average molecular weight is 490 g/mol. The Kier molecular flexibility index (Phi) is 6.41. The number of aromatic nitrogens is 1. The monoisotopic (exact) mass is 489 g/mol. The molecule has 1 aliphatic heterocycles. The molecule has 1 amide bonds. The molecule has 0 radical (unpaired) electrons. The van der Waals surface area contributed by atoms with E-state index in [2.05, 4.69) is 0 Å². The lowest BCUT2D eigenvalue weighted by atomic mass is 10.1. The van der Waals surface area contributed by atoms with Crippen LogP contribution in [0.25, 0.3) is 11.1 Å². The van der Waals surface area contributed by atoms with Crippen LogP contribution in [-0.2, 0) is 10.0 Å². The first-order chi connectivity index (χ1) is 16.2. The van der Waals surface area contributed by atoms with Crippen LogP contribution in [0.1, 0.15) is 30.2 Å². The largest absolute Gasteiger partial charge is 0.493 e. The molecule has 0 unspecified atom stereocenters. The highest BCUT2D eigenvalue weighted by molar-refractivity contribution is 7.89. The Morgan fingerprint density at radius 3 is 2.26 bits per heavy atom. The van der Waals surface area contributed by atoms with Gasteiger partial charge in [0.2, 0.25) is 10.0 Å². The van der Waals surface area contributed by atoms with Gasteiger partial charge in [-0.2, -0.15) is 4.31 Å². The van der Waals surface area contributed by atoms with E-state index < -0.39 is 15.8 Å². The molecule has 4 rings (SSSR count). The van der Waals surface area contributed by atoms with Crippen LogP contribution in [-0.4, -0.2) is 68.5 Å². The van der Waals surface area contributed by atoms with Crippen molar-refractivity contribution in [3.63, 3.8) is 0 Å². The lowest BCUT2D eigenvalue weighted by Gasteiger charge is -2.34. The van der Waals surface area contributed by atoms with Crippen molar-refractivity contribution in [3.8, 4) is 11.5 Å². The topological polar surface area (TPSA) is 111 Å². The third-order valence-corrected chi connectivity index (χ3v) is 7.79. The van der Waals surface area contributed by atoms with Gasteiger partial charge >= 0.3 is 5.76 Å². The fourth-order valence-corrected chi connectivity index (χ4v) is 5.54. The molecule has 1 fully saturated rings. The summed E-state index contributed by atoms with van der Waals surface area (Å²) < 4.78 is 45.0. The Morgan fingerprint density at radius 2 is 1.65 bits per heavy atom. The number of nitrogens with zero attached hydrogens (tertiary/aromatic N) is 3. The Balaban J connectivity index is 1.50. The number of amides is 1. The summed E-state index contributed by atoms with van der Waals surface area (Å²) in [6.07, 6.45) is 0. The number of benzene rings is 2. The van der Waals surface area contributed by atoms with E-state index in [1.165, 1.54) is 35.2 Å². The van der Waals surface area contributed by atoms with Gasteiger partial charge in [-0.15, -0.1) is 0 Å². The summed E-state index contributed by atoms with van der Waals surface area (Å²) in [6, 6.07) is 9.25. The molecular weight excluding hydrogens is 462 g/mol. The second-order valence-corrected chi connectivity index (χ2v) is 10.2. The van der Waals surface area contributed by atoms with Gasteiger partial charge in [0.05, 0.1) is 24.6 Å². The maximum atomic E-state index is 13.2. The van der Waals surface area contributed by atoms with Crippen molar-refractivity contribution in [1.82, 2.24) is 13.8 Å². The number of hydrogen-bond acceptors (Lipinski definition) is 7. The van der Waals surface area contributed by atoms with E-state index in [-0.39, 0.29) is 48.6 Å². The molecule has 2 heterocycles. The summed E-state index contributed by atoms with van der Waals surface area (Å²) in [4.78, 5) is 26.7. The van der Waals surface area contributed by atoms with Gasteiger partial charge in [-0.25, -0.2) is 13.2 Å². The SMILES string of the molecule is COc1ccc(C(=O)N2CCN(S(=O)(=O)c3ccc4c(c3)oc(=O)n4C(C)C)CC2)cc1OC. The molecule has 1 saturated heterocycles. The highest BCUT2D eigenvalue weighted by Crippen LogP contribution is 2.29. The van der Waals surface area contributed by atoms with E-state index in [1.807, 2.05) is 13.8 Å². The lowest BCUT2D eigenvalue weighted by molar-refractivity contribution is 0.0697. The quantitative estimate of drug-likeness (QED) is 0.522. The predicted octanol–water partition coefficient (Wildman–Crippen LogP) is 2.34. The summed E-state index contributed by atoms with van der Waals surface area (Å²) in [5, 5.41) is 0. The summed E-state index contributed by atoms with van der Waals surface area (Å²) in [5.41, 5.74) is 1.20. The predicted molar refractivity (Wildman–Crippen MR) is 125 cm³/mol. The molecule has 3 aromatic rings. The maximum Gasteiger partial charge on any atom is 0.420 e. The molecule has 1 aromatic heterocycles. The number of oxazole rings is 1. The van der Waals surface area contributed by atoms with Gasteiger partial charge in [0.15, 0.2) is 17.1 Å². The van der Waals surface area contributed by atoms with Crippen molar-refractivity contribution >= 4 is 27.0 Å². The Labute approximate surface area is 197 Å². The van der Waals surface area contributed by atoms with E-state index in [4.69, 9.17) is 13.9 Å². The molecule has 11 heteroatoms. The molecule has 182 valence electrons. The molecule has 1 aliphatic rings. The first-order valence-electron chi connectivity index (χ1n) is 10.8. The minimum Gasteiger partial charge on any atom is -0.493 e. The van der Waals surface area contributed by atoms with E-state index in [0.29, 0.717) is 22.6 Å². The zero-order chi connectivity index (χ0) is 24.6. The van der Waals surface area contributed by atoms with Gasteiger partial charge in [-0.05, 0) is 44.2 Å². The zero-order valence-electron chi connectivity index (χ0n) is 19.5. The van der Waals surface area contributed by atoms with E-state index in [0.717, 1.165) is 0 Å². The minimum atomic E-state index is -3.82. The smallest absolute Gasteiger partial charge is 0.420 e. The fourth-order valence-electron chi connectivity index (χ4n) is 4.10. The number of rotatable bonds is 6. The maximum absolute atomic E-state index is 13.2. The first kappa shape index (κ1) is 23.8. The highest BCUT2D eigenvalue weighted by atomic mass is 32.2. The van der Waals surface area contributed by atoms with Crippen molar-refractivity contribution in [1.29, 1.82) is 0 Å². The van der Waals surface area contributed by atoms with Gasteiger partial charge < -0.3 is 18.8 Å². The fraction of sp³-hybridized carbons (Fsp3) is 0.391. The molecule has 10 nitrogen and oxygen atoms in total. The second kappa shape index (κ2) is 9.15. The number of carbonyl (C=O) groups is 1. The van der Waals surface area contributed by atoms with Crippen LogP contribution in [0.2, 0.25) is 0 Å². The first-order valence-corrected chi connectivity index (χ1v) is 12.3. The number of sulfonamides is 1. The second-order valence-electron chi connectivity index (χ2n) is 8.23. The van der Waals surface area contributed by atoms with Crippen LogP contribution in [0.4, 0.5) is 0 Å². The zero-order valence-corrected chi connectivity index (χ0v) is 20.3. The third-order valence-electron chi connectivity index (χ3n) is 5.90. The molecule has 0 aliphatic carbocycles. The van der Waals surface area contributed by atoms with Gasteiger partial charge in [-0.3, -0.25) is 9.36 Å². The Morgan fingerprint density at radius 1 is 0.971 bits per heavy atom. The van der Waals surface area contributed by atoms with Crippen molar-refractivity contribution in [2.24, 2.45) is 0 Å². The number of methoxy groups -OCH3 is 2. The molecule has 0 N–H and O–H groups in total. The molecule has 0 spiro atoms. The van der Waals surface area contributed by atoms with E-state index in [9.17, 15) is 18.0 Å². The highest BCUT2D eigenvalue weighted by Gasteiger charge is 2.31. The van der Waals surface area contributed by atoms with Crippen LogP contribution < -0.4 is 15.2 Å². The number of fused-ring (bicyclic) bond motifs is 1. The van der Waals surface area contributed by atoms with Crippen LogP contribution in [0.5, 0.6) is 11.5 Å². The summed E-state index contributed by atoms with van der Waals surface area (Å²) >= 11 is 0. The number of hydrogen-bond donors (Lipinski definition) is 0. The molecule has 0 atom stereocenters. The van der Waals surface area contributed by atoms with Gasteiger partial charge in [-0.1, -0.05) is 0 Å².